The molecule has 0 bridgehead atoms. The molecular formula is C28H23N3O5S. The van der Waals surface area contributed by atoms with Gasteiger partial charge in [-0.2, -0.15) is 0 Å². The Balaban J connectivity index is 1.42. The molecule has 8 nitrogen and oxygen atoms in total. The minimum Gasteiger partial charge on any atom is -0.493 e. The number of nitrogens with one attached hydrogen (secondary N) is 1. The van der Waals surface area contributed by atoms with Crippen molar-refractivity contribution >= 4 is 34.2 Å². The van der Waals surface area contributed by atoms with Crippen molar-refractivity contribution in [1.29, 1.82) is 0 Å². The molecule has 9 heteroatoms. The van der Waals surface area contributed by atoms with E-state index in [4.69, 9.17) is 9.47 Å². The summed E-state index contributed by atoms with van der Waals surface area (Å²) in [6.45, 7) is 0. The second kappa shape index (κ2) is 10.2. The van der Waals surface area contributed by atoms with Gasteiger partial charge in [0.25, 0.3) is 11.8 Å². The van der Waals surface area contributed by atoms with Crippen LogP contribution >= 0.6 is 11.3 Å². The van der Waals surface area contributed by atoms with Crippen molar-refractivity contribution in [2.24, 2.45) is 0 Å². The monoisotopic (exact) mass is 513 g/mol. The molecule has 0 fully saturated rings. The molecule has 5 rings (SSSR count). The van der Waals surface area contributed by atoms with E-state index in [-0.39, 0.29) is 6.42 Å². The smallest absolute Gasteiger partial charge is 0.262 e. The minimum atomic E-state index is -1.05. The van der Waals surface area contributed by atoms with Gasteiger partial charge in [0.15, 0.2) is 16.6 Å². The average Bonchev–Trinajstić information content (AvgIpc) is 3.50. The van der Waals surface area contributed by atoms with Gasteiger partial charge in [0.1, 0.15) is 6.04 Å². The number of hydrogen-bond acceptors (Lipinski definition) is 7. The molecule has 0 aliphatic carbocycles. The third-order valence-electron chi connectivity index (χ3n) is 6.13. The maximum atomic E-state index is 13.5. The highest BCUT2D eigenvalue weighted by atomic mass is 32.1. The van der Waals surface area contributed by atoms with Crippen molar-refractivity contribution in [3.8, 4) is 22.8 Å². The number of imide groups is 1. The van der Waals surface area contributed by atoms with Crippen molar-refractivity contribution in [2.75, 3.05) is 19.5 Å². The average molecular weight is 514 g/mol. The summed E-state index contributed by atoms with van der Waals surface area (Å²) < 4.78 is 10.7. The summed E-state index contributed by atoms with van der Waals surface area (Å²) in [4.78, 5) is 45.5. The highest BCUT2D eigenvalue weighted by molar-refractivity contribution is 7.14. The Morgan fingerprint density at radius 1 is 0.919 bits per heavy atom. The van der Waals surface area contributed by atoms with Gasteiger partial charge in [-0.15, -0.1) is 11.3 Å². The van der Waals surface area contributed by atoms with Crippen molar-refractivity contribution in [2.45, 2.75) is 12.5 Å². The largest absolute Gasteiger partial charge is 0.493 e. The van der Waals surface area contributed by atoms with E-state index in [1.54, 1.807) is 50.6 Å². The number of methoxy groups -OCH3 is 2. The van der Waals surface area contributed by atoms with Crippen LogP contribution in [0.5, 0.6) is 11.5 Å². The Morgan fingerprint density at radius 3 is 2.22 bits per heavy atom. The second-order valence-corrected chi connectivity index (χ2v) is 9.19. The quantitative estimate of drug-likeness (QED) is 0.344. The van der Waals surface area contributed by atoms with Gasteiger partial charge in [-0.1, -0.05) is 42.5 Å². The second-order valence-electron chi connectivity index (χ2n) is 8.33. The first-order valence-electron chi connectivity index (χ1n) is 11.5. The number of ether oxygens (including phenoxy) is 2. The third-order valence-corrected chi connectivity index (χ3v) is 6.88. The van der Waals surface area contributed by atoms with Crippen LogP contribution in [0.2, 0.25) is 0 Å². The number of anilines is 1. The van der Waals surface area contributed by atoms with Crippen molar-refractivity contribution < 1.29 is 23.9 Å². The summed E-state index contributed by atoms with van der Waals surface area (Å²) in [7, 11) is 3.12. The fraction of sp³-hybridized carbons (Fsp3) is 0.143. The first-order valence-corrected chi connectivity index (χ1v) is 12.4. The lowest BCUT2D eigenvalue weighted by atomic mass is 10.0. The van der Waals surface area contributed by atoms with Crippen molar-refractivity contribution in [3.63, 3.8) is 0 Å². The topological polar surface area (TPSA) is 97.8 Å². The molecular weight excluding hydrogens is 490 g/mol. The molecule has 0 spiro atoms. The van der Waals surface area contributed by atoms with Crippen molar-refractivity contribution in [3.05, 3.63) is 94.9 Å². The number of thiazole rings is 1. The van der Waals surface area contributed by atoms with Gasteiger partial charge >= 0.3 is 0 Å². The zero-order valence-electron chi connectivity index (χ0n) is 20.1. The summed E-state index contributed by atoms with van der Waals surface area (Å²) in [5, 5.41) is 4.98. The van der Waals surface area contributed by atoms with Crippen LogP contribution in [-0.4, -0.2) is 47.9 Å². The molecule has 3 aromatic carbocycles. The first-order chi connectivity index (χ1) is 18.0. The summed E-state index contributed by atoms with van der Waals surface area (Å²) in [6.07, 6.45) is 0.173. The van der Waals surface area contributed by atoms with E-state index in [1.807, 2.05) is 41.8 Å². The molecule has 1 N–H and O–H groups in total. The van der Waals surface area contributed by atoms with Crippen LogP contribution in [0.15, 0.2) is 78.2 Å². The molecule has 0 radical (unpaired) electrons. The van der Waals surface area contributed by atoms with Crippen LogP contribution in [0.1, 0.15) is 26.3 Å². The van der Waals surface area contributed by atoms with E-state index >= 15 is 0 Å². The standard InChI is InChI=1S/C28H23N3O5S/c1-35-23-13-12-18(15-24(23)36-2)21-16-37-28(29-21)30-25(32)22(14-17-8-4-3-5-9-17)31-26(33)19-10-6-7-11-20(19)27(31)34/h3-13,15-16,22H,14H2,1-2H3,(H,29,30,32). The molecule has 0 saturated carbocycles. The molecule has 1 aliphatic heterocycles. The molecule has 2 heterocycles. The summed E-state index contributed by atoms with van der Waals surface area (Å²) in [5.41, 5.74) is 2.84. The number of hydrogen-bond donors (Lipinski definition) is 1. The van der Waals surface area contributed by atoms with Gasteiger partial charge in [-0.05, 0) is 35.9 Å². The number of nitrogens with zero attached hydrogens (tertiary/aromatic N) is 2. The lowest BCUT2D eigenvalue weighted by molar-refractivity contribution is -0.119. The van der Waals surface area contributed by atoms with E-state index in [0.29, 0.717) is 33.5 Å². The molecule has 1 aliphatic rings. The van der Waals surface area contributed by atoms with E-state index in [1.165, 1.54) is 11.3 Å². The van der Waals surface area contributed by atoms with Gasteiger partial charge in [0, 0.05) is 17.4 Å². The maximum Gasteiger partial charge on any atom is 0.262 e. The third kappa shape index (κ3) is 4.68. The van der Waals surface area contributed by atoms with Crippen LogP contribution in [0, 0.1) is 0 Å². The first kappa shape index (κ1) is 24.2. The predicted molar refractivity (Wildman–Crippen MR) is 140 cm³/mol. The van der Waals surface area contributed by atoms with Gasteiger partial charge in [-0.25, -0.2) is 4.98 Å². The number of benzene rings is 3. The van der Waals surface area contributed by atoms with E-state index in [9.17, 15) is 14.4 Å². The number of fused-ring (bicyclic) bond motifs is 1. The van der Waals surface area contributed by atoms with Gasteiger partial charge in [-0.3, -0.25) is 19.3 Å². The predicted octanol–water partition coefficient (Wildman–Crippen LogP) is 4.67. The van der Waals surface area contributed by atoms with Gasteiger partial charge in [0.05, 0.1) is 31.0 Å². The SMILES string of the molecule is COc1ccc(-c2csc(NC(=O)C(Cc3ccccc3)N3C(=O)c4ccccc4C3=O)n2)cc1OC. The fourth-order valence-corrected chi connectivity index (χ4v) is 5.00. The zero-order valence-corrected chi connectivity index (χ0v) is 21.0. The number of carbonyl (C=O) groups excluding carboxylic acids is 3. The normalized spacial score (nSPS) is 13.3. The minimum absolute atomic E-state index is 0.173. The Hall–Kier alpha value is -4.50. The molecule has 1 aromatic heterocycles. The highest BCUT2D eigenvalue weighted by Gasteiger charge is 2.42. The summed E-state index contributed by atoms with van der Waals surface area (Å²) in [5.74, 6) is -0.304. The summed E-state index contributed by atoms with van der Waals surface area (Å²) in [6, 6.07) is 20.3. The van der Waals surface area contributed by atoms with Crippen LogP contribution < -0.4 is 14.8 Å². The number of carbonyl (C=O) groups is 3. The summed E-state index contributed by atoms with van der Waals surface area (Å²) >= 11 is 1.25. The van der Waals surface area contributed by atoms with Crippen LogP contribution in [0.4, 0.5) is 5.13 Å². The van der Waals surface area contributed by atoms with Gasteiger partial charge < -0.3 is 14.8 Å². The van der Waals surface area contributed by atoms with E-state index in [2.05, 4.69) is 10.3 Å². The molecule has 186 valence electrons. The highest BCUT2D eigenvalue weighted by Crippen LogP contribution is 2.34. The van der Waals surface area contributed by atoms with Crippen LogP contribution in [0.3, 0.4) is 0 Å². The molecule has 0 saturated heterocycles. The van der Waals surface area contributed by atoms with E-state index < -0.39 is 23.8 Å². The van der Waals surface area contributed by atoms with Crippen LogP contribution in [-0.2, 0) is 11.2 Å². The molecule has 3 amide bonds. The number of aromatic nitrogens is 1. The lowest BCUT2D eigenvalue weighted by Gasteiger charge is -2.25. The Morgan fingerprint density at radius 2 is 1.57 bits per heavy atom. The zero-order chi connectivity index (χ0) is 25.9. The van der Waals surface area contributed by atoms with E-state index in [0.717, 1.165) is 16.0 Å². The maximum absolute atomic E-state index is 13.5. The van der Waals surface area contributed by atoms with Crippen LogP contribution in [0.25, 0.3) is 11.3 Å². The molecule has 1 unspecified atom stereocenters. The number of rotatable bonds is 8. The Bertz CT molecular complexity index is 1450. The Labute approximate surface area is 217 Å². The lowest BCUT2D eigenvalue weighted by Crippen LogP contribution is -2.48. The molecule has 1 atom stereocenters. The van der Waals surface area contributed by atoms with Gasteiger partial charge in [0.2, 0.25) is 5.91 Å². The fourth-order valence-electron chi connectivity index (χ4n) is 4.28. The Kier molecular flexibility index (Phi) is 6.70. The molecule has 37 heavy (non-hydrogen) atoms. The van der Waals surface area contributed by atoms with Crippen molar-refractivity contribution in [1.82, 2.24) is 9.88 Å². The molecule has 4 aromatic rings. The number of amides is 3.